The number of hydrogen-bond acceptors (Lipinski definition) is 6. The van der Waals surface area contributed by atoms with Gasteiger partial charge in [-0.05, 0) is 30.5 Å². The lowest BCUT2D eigenvalue weighted by atomic mass is 10.1. The first-order valence-corrected chi connectivity index (χ1v) is 8.72. The van der Waals surface area contributed by atoms with E-state index in [2.05, 4.69) is 32.3 Å². The van der Waals surface area contributed by atoms with Gasteiger partial charge in [-0.2, -0.15) is 0 Å². The van der Waals surface area contributed by atoms with Crippen LogP contribution < -0.4 is 10.1 Å². The first-order valence-electron chi connectivity index (χ1n) is 8.72. The molecule has 1 aromatic carbocycles. The lowest BCUT2D eigenvalue weighted by Gasteiger charge is -2.25. The van der Waals surface area contributed by atoms with E-state index in [-0.39, 0.29) is 0 Å². The molecule has 1 saturated heterocycles. The zero-order valence-corrected chi connectivity index (χ0v) is 14.9. The molecule has 1 aromatic heterocycles. The largest absolute Gasteiger partial charge is 0.497 e. The van der Waals surface area contributed by atoms with Gasteiger partial charge < -0.3 is 14.8 Å². The molecular weight excluding hydrogens is 316 g/mol. The van der Waals surface area contributed by atoms with Crippen LogP contribution in [0.1, 0.15) is 24.0 Å². The maximum atomic E-state index is 5.83. The second-order valence-electron chi connectivity index (χ2n) is 6.32. The van der Waals surface area contributed by atoms with E-state index < -0.39 is 0 Å². The number of nitrogens with one attached hydrogen (secondary N) is 1. The summed E-state index contributed by atoms with van der Waals surface area (Å²) in [5, 5.41) is 2.95. The number of nitrogens with zero attached hydrogens (tertiary/aromatic N) is 3. The first kappa shape index (κ1) is 17.6. The molecule has 3 rings (SSSR count). The van der Waals surface area contributed by atoms with Gasteiger partial charge in [-0.25, -0.2) is 9.97 Å². The van der Waals surface area contributed by atoms with Crippen molar-refractivity contribution < 1.29 is 9.47 Å². The van der Waals surface area contributed by atoms with Gasteiger partial charge in [-0.15, -0.1) is 0 Å². The zero-order valence-electron chi connectivity index (χ0n) is 14.9. The van der Waals surface area contributed by atoms with Crippen molar-refractivity contribution in [3.05, 3.63) is 47.8 Å². The predicted octanol–water partition coefficient (Wildman–Crippen LogP) is 2.71. The summed E-state index contributed by atoms with van der Waals surface area (Å²) in [7, 11) is 3.51. The minimum Gasteiger partial charge on any atom is -0.497 e. The molecule has 1 N–H and O–H groups in total. The van der Waals surface area contributed by atoms with Gasteiger partial charge in [0.2, 0.25) is 5.95 Å². The highest BCUT2D eigenvalue weighted by Crippen LogP contribution is 2.18. The molecule has 0 radical (unpaired) electrons. The van der Waals surface area contributed by atoms with Gasteiger partial charge in [0, 0.05) is 51.2 Å². The number of methoxy groups -OCH3 is 1. The van der Waals surface area contributed by atoms with Gasteiger partial charge >= 0.3 is 0 Å². The molecule has 1 atom stereocenters. The van der Waals surface area contributed by atoms with Crippen LogP contribution in [0.4, 0.5) is 5.95 Å². The Labute approximate surface area is 149 Å². The standard InChI is InChI=1S/C19H26N4O2/c1-20-19-21-10-16(11-22-19)13-23(14-18-4-3-9-25-18)12-15-5-7-17(24-2)8-6-15/h5-8,10-11,18H,3-4,9,12-14H2,1-2H3,(H,20,21,22). The summed E-state index contributed by atoms with van der Waals surface area (Å²) in [4.78, 5) is 11.0. The predicted molar refractivity (Wildman–Crippen MR) is 97.7 cm³/mol. The minimum absolute atomic E-state index is 0.316. The number of aromatic nitrogens is 2. The van der Waals surface area contributed by atoms with Crippen LogP contribution in [0.2, 0.25) is 0 Å². The smallest absolute Gasteiger partial charge is 0.222 e. The van der Waals surface area contributed by atoms with Crippen molar-refractivity contribution >= 4 is 5.95 Å². The van der Waals surface area contributed by atoms with Crippen molar-refractivity contribution in [3.63, 3.8) is 0 Å². The molecule has 1 unspecified atom stereocenters. The van der Waals surface area contributed by atoms with E-state index in [1.807, 2.05) is 31.6 Å². The lowest BCUT2D eigenvalue weighted by molar-refractivity contribution is 0.0678. The van der Waals surface area contributed by atoms with Crippen LogP contribution in [-0.2, 0) is 17.8 Å². The monoisotopic (exact) mass is 342 g/mol. The maximum Gasteiger partial charge on any atom is 0.222 e. The molecular formula is C19H26N4O2. The van der Waals surface area contributed by atoms with E-state index in [4.69, 9.17) is 9.47 Å². The summed E-state index contributed by atoms with van der Waals surface area (Å²) < 4.78 is 11.1. The van der Waals surface area contributed by atoms with Crippen LogP contribution in [0.5, 0.6) is 5.75 Å². The molecule has 0 aliphatic carbocycles. The summed E-state index contributed by atoms with van der Waals surface area (Å²) in [6.45, 7) is 3.45. The molecule has 0 spiro atoms. The number of rotatable bonds is 8. The van der Waals surface area contributed by atoms with Gasteiger partial charge in [0.1, 0.15) is 5.75 Å². The number of hydrogen-bond donors (Lipinski definition) is 1. The Morgan fingerprint density at radius 2 is 1.88 bits per heavy atom. The van der Waals surface area contributed by atoms with E-state index in [0.717, 1.165) is 50.4 Å². The molecule has 0 bridgehead atoms. The lowest BCUT2D eigenvalue weighted by Crippen LogP contribution is -2.31. The van der Waals surface area contributed by atoms with Gasteiger partial charge in [0.15, 0.2) is 0 Å². The zero-order chi connectivity index (χ0) is 17.5. The van der Waals surface area contributed by atoms with Crippen molar-refractivity contribution in [3.8, 4) is 5.75 Å². The third-order valence-electron chi connectivity index (χ3n) is 4.39. The van der Waals surface area contributed by atoms with E-state index in [9.17, 15) is 0 Å². The van der Waals surface area contributed by atoms with Gasteiger partial charge in [-0.3, -0.25) is 4.90 Å². The Bertz CT molecular complexity index is 590. The highest BCUT2D eigenvalue weighted by molar-refractivity contribution is 5.27. The molecule has 2 heterocycles. The fourth-order valence-corrected chi connectivity index (χ4v) is 3.07. The molecule has 0 saturated carbocycles. The van der Waals surface area contributed by atoms with Crippen molar-refractivity contribution in [2.75, 3.05) is 32.6 Å². The Hall–Kier alpha value is -2.18. The molecule has 6 nitrogen and oxygen atoms in total. The Kier molecular flexibility index (Phi) is 6.19. The van der Waals surface area contributed by atoms with Crippen molar-refractivity contribution in [2.24, 2.45) is 0 Å². The fourth-order valence-electron chi connectivity index (χ4n) is 3.07. The molecule has 25 heavy (non-hydrogen) atoms. The van der Waals surface area contributed by atoms with Crippen LogP contribution >= 0.6 is 0 Å². The van der Waals surface area contributed by atoms with Gasteiger partial charge in [0.25, 0.3) is 0 Å². The summed E-state index contributed by atoms with van der Waals surface area (Å²) in [5.41, 5.74) is 2.36. The number of ether oxygens (including phenoxy) is 2. The second kappa shape index (κ2) is 8.78. The first-order chi connectivity index (χ1) is 12.3. The van der Waals surface area contributed by atoms with E-state index in [1.54, 1.807) is 7.11 Å². The van der Waals surface area contributed by atoms with Crippen molar-refractivity contribution in [2.45, 2.75) is 32.0 Å². The van der Waals surface area contributed by atoms with Crippen LogP contribution in [-0.4, -0.2) is 48.3 Å². The average molecular weight is 342 g/mol. The summed E-state index contributed by atoms with van der Waals surface area (Å²) in [5.74, 6) is 1.52. The number of benzene rings is 1. The van der Waals surface area contributed by atoms with Gasteiger partial charge in [-0.1, -0.05) is 12.1 Å². The maximum absolute atomic E-state index is 5.83. The van der Waals surface area contributed by atoms with Crippen LogP contribution in [0.15, 0.2) is 36.7 Å². The third kappa shape index (κ3) is 5.14. The van der Waals surface area contributed by atoms with Crippen molar-refractivity contribution in [1.29, 1.82) is 0 Å². The van der Waals surface area contributed by atoms with E-state index in [1.165, 1.54) is 5.56 Å². The Morgan fingerprint density at radius 1 is 1.16 bits per heavy atom. The highest BCUT2D eigenvalue weighted by Gasteiger charge is 2.20. The van der Waals surface area contributed by atoms with Crippen LogP contribution in [0.3, 0.4) is 0 Å². The summed E-state index contributed by atoms with van der Waals surface area (Å²) >= 11 is 0. The van der Waals surface area contributed by atoms with Gasteiger partial charge in [0.05, 0.1) is 13.2 Å². The number of anilines is 1. The van der Waals surface area contributed by atoms with E-state index >= 15 is 0 Å². The average Bonchev–Trinajstić information content (AvgIpc) is 3.16. The second-order valence-corrected chi connectivity index (χ2v) is 6.32. The molecule has 2 aromatic rings. The highest BCUT2D eigenvalue weighted by atomic mass is 16.5. The fraction of sp³-hybridized carbons (Fsp3) is 0.474. The van der Waals surface area contributed by atoms with E-state index in [0.29, 0.717) is 12.1 Å². The van der Waals surface area contributed by atoms with Crippen LogP contribution in [0, 0.1) is 0 Å². The minimum atomic E-state index is 0.316. The van der Waals surface area contributed by atoms with Crippen LogP contribution in [0.25, 0.3) is 0 Å². The van der Waals surface area contributed by atoms with Crippen molar-refractivity contribution in [1.82, 2.24) is 14.9 Å². The summed E-state index contributed by atoms with van der Waals surface area (Å²) in [6, 6.07) is 8.23. The Morgan fingerprint density at radius 3 is 2.48 bits per heavy atom. The molecule has 1 aliphatic heterocycles. The SMILES string of the molecule is CNc1ncc(CN(Cc2ccc(OC)cc2)CC2CCCO2)cn1. The molecule has 6 heteroatoms. The molecule has 134 valence electrons. The molecule has 1 fully saturated rings. The summed E-state index contributed by atoms with van der Waals surface area (Å²) in [6.07, 6.45) is 6.37. The Balaban J connectivity index is 1.68. The quantitative estimate of drug-likeness (QED) is 0.796. The molecule has 1 aliphatic rings. The normalized spacial score (nSPS) is 17.0. The topological polar surface area (TPSA) is 59.5 Å². The third-order valence-corrected chi connectivity index (χ3v) is 4.39. The molecule has 0 amide bonds.